The number of nitrogens with one attached hydrogen (secondary N) is 1. The molecular weight excluding hydrogens is 266 g/mol. The molecule has 0 spiro atoms. The molecule has 0 radical (unpaired) electrons. The number of esters is 1. The molecule has 4 nitrogen and oxygen atoms in total. The van der Waals surface area contributed by atoms with Crippen LogP contribution in [0.25, 0.3) is 0 Å². The maximum Gasteiger partial charge on any atom is 0.322 e. The highest BCUT2D eigenvalue weighted by molar-refractivity contribution is 6.09. The van der Waals surface area contributed by atoms with Crippen LogP contribution in [0.15, 0.2) is 30.3 Å². The van der Waals surface area contributed by atoms with Crippen molar-refractivity contribution in [2.45, 2.75) is 39.8 Å². The molecule has 3 rings (SSSR count). The van der Waals surface area contributed by atoms with Gasteiger partial charge in [-0.3, -0.25) is 9.59 Å². The number of hydrogen-bond acceptors (Lipinski definition) is 3. The molecule has 2 aliphatic rings. The second-order valence-corrected chi connectivity index (χ2v) is 6.72. The smallest absolute Gasteiger partial charge is 0.322 e. The van der Waals surface area contributed by atoms with Gasteiger partial charge in [-0.15, -0.1) is 0 Å². The van der Waals surface area contributed by atoms with Crippen molar-refractivity contribution in [1.29, 1.82) is 0 Å². The van der Waals surface area contributed by atoms with Gasteiger partial charge in [0.05, 0.1) is 6.04 Å². The first-order valence-electron chi connectivity index (χ1n) is 7.40. The normalized spacial score (nSPS) is 33.8. The van der Waals surface area contributed by atoms with Crippen molar-refractivity contribution in [3.63, 3.8) is 0 Å². The number of ether oxygens (including phenoxy) is 1. The Hall–Kier alpha value is -1.84. The lowest BCUT2D eigenvalue weighted by Crippen LogP contribution is -2.40. The van der Waals surface area contributed by atoms with E-state index in [2.05, 4.69) is 5.32 Å². The van der Waals surface area contributed by atoms with Crippen LogP contribution >= 0.6 is 0 Å². The van der Waals surface area contributed by atoms with Crippen molar-refractivity contribution in [3.8, 4) is 0 Å². The van der Waals surface area contributed by atoms with Gasteiger partial charge in [-0.25, -0.2) is 0 Å². The number of benzene rings is 1. The van der Waals surface area contributed by atoms with E-state index in [9.17, 15) is 9.59 Å². The summed E-state index contributed by atoms with van der Waals surface area (Å²) < 4.78 is 5.27. The molecule has 1 aromatic carbocycles. The molecular formula is C17H21NO3. The van der Waals surface area contributed by atoms with Crippen LogP contribution in [0.5, 0.6) is 0 Å². The number of amides is 1. The number of hydrogen-bond donors (Lipinski definition) is 1. The zero-order chi connectivity index (χ0) is 15.4. The second-order valence-electron chi connectivity index (χ2n) is 6.72. The third kappa shape index (κ3) is 1.68. The maximum absolute atomic E-state index is 12.8. The molecule has 112 valence electrons. The molecule has 2 fully saturated rings. The number of rotatable bonds is 3. The molecule has 1 saturated heterocycles. The van der Waals surface area contributed by atoms with Crippen molar-refractivity contribution >= 4 is 11.9 Å². The minimum Gasteiger partial charge on any atom is -0.461 e. The van der Waals surface area contributed by atoms with Gasteiger partial charge >= 0.3 is 5.97 Å². The van der Waals surface area contributed by atoms with E-state index in [0.29, 0.717) is 0 Å². The second kappa shape index (κ2) is 4.33. The van der Waals surface area contributed by atoms with Crippen molar-refractivity contribution in [3.05, 3.63) is 35.9 Å². The topological polar surface area (TPSA) is 55.4 Å². The summed E-state index contributed by atoms with van der Waals surface area (Å²) in [6.45, 7) is 7.74. The van der Waals surface area contributed by atoms with Crippen molar-refractivity contribution in [1.82, 2.24) is 5.32 Å². The summed E-state index contributed by atoms with van der Waals surface area (Å²) in [5.41, 5.74) is -0.311. The highest BCUT2D eigenvalue weighted by atomic mass is 16.6. The lowest BCUT2D eigenvalue weighted by molar-refractivity contribution is -0.154. The molecule has 1 saturated carbocycles. The van der Waals surface area contributed by atoms with Crippen LogP contribution in [-0.4, -0.2) is 18.0 Å². The Kier molecular flexibility index (Phi) is 2.91. The molecule has 4 atom stereocenters. The highest BCUT2D eigenvalue weighted by Gasteiger charge is 2.86. The Morgan fingerprint density at radius 2 is 1.90 bits per heavy atom. The quantitative estimate of drug-likeness (QED) is 0.686. The fourth-order valence-corrected chi connectivity index (χ4v) is 4.12. The Labute approximate surface area is 124 Å². The number of carbonyl (C=O) groups excluding carboxylic acids is 2. The van der Waals surface area contributed by atoms with Gasteiger partial charge in [0, 0.05) is 5.92 Å². The molecule has 1 aliphatic carbocycles. The van der Waals surface area contributed by atoms with Gasteiger partial charge in [0.15, 0.2) is 5.41 Å². The lowest BCUT2D eigenvalue weighted by atomic mass is 9.94. The van der Waals surface area contributed by atoms with Gasteiger partial charge < -0.3 is 10.1 Å². The van der Waals surface area contributed by atoms with Gasteiger partial charge in [-0.1, -0.05) is 44.2 Å². The van der Waals surface area contributed by atoms with E-state index >= 15 is 0 Å². The first-order valence-corrected chi connectivity index (χ1v) is 7.40. The van der Waals surface area contributed by atoms with Crippen LogP contribution in [0.3, 0.4) is 0 Å². The van der Waals surface area contributed by atoms with E-state index in [0.717, 1.165) is 5.56 Å². The number of fused-ring (bicyclic) bond motifs is 1. The average molecular weight is 287 g/mol. The number of cyclic esters (lactones) is 1. The zero-order valence-corrected chi connectivity index (χ0v) is 12.8. The Morgan fingerprint density at radius 3 is 2.43 bits per heavy atom. The van der Waals surface area contributed by atoms with E-state index in [-0.39, 0.29) is 35.4 Å². The molecule has 1 aromatic rings. The Balaban J connectivity index is 1.82. The highest BCUT2D eigenvalue weighted by Crippen LogP contribution is 2.74. The molecule has 21 heavy (non-hydrogen) atoms. The van der Waals surface area contributed by atoms with E-state index < -0.39 is 5.41 Å². The van der Waals surface area contributed by atoms with Crippen LogP contribution in [0.4, 0.5) is 0 Å². The summed E-state index contributed by atoms with van der Waals surface area (Å²) in [6, 6.07) is 9.61. The SMILES string of the molecule is C[C@@H]1OC(=O)[C@]2(C(=O)N[C@H](C)c3ccccc3)[C@H]1C2(C)C. The van der Waals surface area contributed by atoms with Gasteiger partial charge in [-0.05, 0) is 24.8 Å². The fraction of sp³-hybridized carbons (Fsp3) is 0.529. The van der Waals surface area contributed by atoms with Gasteiger partial charge in [0.25, 0.3) is 0 Å². The molecule has 0 aromatic heterocycles. The van der Waals surface area contributed by atoms with Crippen LogP contribution < -0.4 is 5.32 Å². The molecule has 0 unspecified atom stereocenters. The van der Waals surface area contributed by atoms with E-state index in [1.807, 2.05) is 58.0 Å². The van der Waals surface area contributed by atoms with Crippen molar-refractivity contribution in [2.24, 2.45) is 16.7 Å². The fourth-order valence-electron chi connectivity index (χ4n) is 4.12. The monoisotopic (exact) mass is 287 g/mol. The van der Waals surface area contributed by atoms with Crippen LogP contribution in [0.1, 0.15) is 39.3 Å². The standard InChI is InChI=1S/C17H21NO3/c1-10(12-8-6-5-7-9-12)18-14(19)17-13(16(17,3)4)11(2)21-15(17)20/h5-11,13H,1-4H3,(H,18,19)/t10-,11+,13-,17-/m1/s1. The average Bonchev–Trinajstić information content (AvgIpc) is 2.82. The van der Waals surface area contributed by atoms with Gasteiger partial charge in [0.1, 0.15) is 6.10 Å². The lowest BCUT2D eigenvalue weighted by Gasteiger charge is -2.21. The zero-order valence-electron chi connectivity index (χ0n) is 12.8. The van der Waals surface area contributed by atoms with Gasteiger partial charge in [-0.2, -0.15) is 0 Å². The van der Waals surface area contributed by atoms with Crippen LogP contribution in [-0.2, 0) is 14.3 Å². The third-order valence-corrected chi connectivity index (χ3v) is 5.27. The molecule has 4 heteroatoms. The van der Waals surface area contributed by atoms with E-state index in [1.54, 1.807) is 0 Å². The van der Waals surface area contributed by atoms with Gasteiger partial charge in [0.2, 0.25) is 5.91 Å². The third-order valence-electron chi connectivity index (χ3n) is 5.27. The summed E-state index contributed by atoms with van der Waals surface area (Å²) in [5.74, 6) is -0.605. The summed E-state index contributed by atoms with van der Waals surface area (Å²) in [6.07, 6.45) is -0.190. The number of carbonyl (C=O) groups is 2. The molecule has 1 N–H and O–H groups in total. The van der Waals surface area contributed by atoms with E-state index in [4.69, 9.17) is 4.74 Å². The molecule has 1 heterocycles. The van der Waals surface area contributed by atoms with Crippen molar-refractivity contribution < 1.29 is 14.3 Å². The first-order chi connectivity index (χ1) is 9.83. The van der Waals surface area contributed by atoms with Crippen LogP contribution in [0, 0.1) is 16.7 Å². The largest absolute Gasteiger partial charge is 0.461 e. The summed E-state index contributed by atoms with van der Waals surface area (Å²) in [7, 11) is 0. The predicted molar refractivity (Wildman–Crippen MR) is 78.3 cm³/mol. The van der Waals surface area contributed by atoms with Crippen LogP contribution in [0.2, 0.25) is 0 Å². The minimum atomic E-state index is -1.00. The minimum absolute atomic E-state index is 0.0273. The maximum atomic E-state index is 12.8. The predicted octanol–water partition coefficient (Wildman–Crippen LogP) is 2.45. The summed E-state index contributed by atoms with van der Waals surface area (Å²) in [5, 5.41) is 2.99. The first kappa shape index (κ1) is 14.1. The Morgan fingerprint density at radius 1 is 1.29 bits per heavy atom. The van der Waals surface area contributed by atoms with E-state index in [1.165, 1.54) is 0 Å². The Bertz CT molecular complexity index is 595. The molecule has 0 bridgehead atoms. The van der Waals surface area contributed by atoms with Crippen molar-refractivity contribution in [2.75, 3.05) is 0 Å². The molecule has 1 amide bonds. The summed E-state index contributed by atoms with van der Waals surface area (Å²) >= 11 is 0. The summed E-state index contributed by atoms with van der Waals surface area (Å²) in [4.78, 5) is 25.0. The molecule has 1 aliphatic heterocycles.